The second kappa shape index (κ2) is 9.18. The Labute approximate surface area is 168 Å². The number of fused-ring (bicyclic) bond motifs is 1. The van der Waals surface area contributed by atoms with Gasteiger partial charge in [-0.25, -0.2) is 8.42 Å². The second-order valence-corrected chi connectivity index (χ2v) is 8.76. The van der Waals surface area contributed by atoms with Gasteiger partial charge in [0.15, 0.2) is 0 Å². The summed E-state index contributed by atoms with van der Waals surface area (Å²) < 4.78 is 33.2. The van der Waals surface area contributed by atoms with Crippen LogP contribution in [0, 0.1) is 0 Å². The maximum absolute atomic E-state index is 13.0. The van der Waals surface area contributed by atoms with Gasteiger partial charge in [-0.3, -0.25) is 9.78 Å². The first-order valence-electron chi connectivity index (χ1n) is 8.56. The van der Waals surface area contributed by atoms with Crippen LogP contribution in [0.5, 0.6) is 0 Å². The summed E-state index contributed by atoms with van der Waals surface area (Å²) in [5.41, 5.74) is 1.10. The molecule has 0 spiro atoms. The van der Waals surface area contributed by atoms with Crippen LogP contribution in [0.15, 0.2) is 71.9 Å². The van der Waals surface area contributed by atoms with Gasteiger partial charge < -0.3 is 4.74 Å². The molecule has 0 radical (unpaired) electrons. The number of thioether (sulfide) groups is 1. The topological polar surface area (TPSA) is 85.4 Å². The zero-order valence-electron chi connectivity index (χ0n) is 15.2. The number of carbonyl (C=O) groups excluding carboxylic acids is 1. The van der Waals surface area contributed by atoms with E-state index in [1.807, 2.05) is 30.3 Å². The summed E-state index contributed by atoms with van der Waals surface area (Å²) in [6, 6.07) is 15.4. The number of nitrogens with zero attached hydrogens (tertiary/aromatic N) is 1. The van der Waals surface area contributed by atoms with Crippen molar-refractivity contribution < 1.29 is 17.9 Å². The quantitative estimate of drug-likeness (QED) is 0.568. The number of benzene rings is 2. The minimum Gasteiger partial charge on any atom is -0.468 e. The molecule has 0 aliphatic heterocycles. The summed E-state index contributed by atoms with van der Waals surface area (Å²) in [6.07, 6.45) is 3.14. The van der Waals surface area contributed by atoms with E-state index in [4.69, 9.17) is 4.74 Å². The van der Waals surface area contributed by atoms with Gasteiger partial charge >= 0.3 is 5.97 Å². The monoisotopic (exact) mass is 416 g/mol. The Kier molecular flexibility index (Phi) is 6.66. The summed E-state index contributed by atoms with van der Waals surface area (Å²) >= 11 is 1.46. The van der Waals surface area contributed by atoms with Crippen molar-refractivity contribution in [2.75, 3.05) is 12.9 Å². The molecular weight excluding hydrogens is 396 g/mol. The second-order valence-electron chi connectivity index (χ2n) is 6.05. The van der Waals surface area contributed by atoms with Crippen molar-refractivity contribution >= 4 is 38.5 Å². The molecule has 1 N–H and O–H groups in total. The third-order valence-corrected chi connectivity index (χ3v) is 6.75. The zero-order chi connectivity index (χ0) is 20.0. The lowest BCUT2D eigenvalue weighted by Gasteiger charge is -2.17. The largest absolute Gasteiger partial charge is 0.468 e. The number of carbonyl (C=O) groups is 1. The summed E-state index contributed by atoms with van der Waals surface area (Å²) in [7, 11) is -2.68. The number of hydrogen-bond acceptors (Lipinski definition) is 6. The highest BCUT2D eigenvalue weighted by Gasteiger charge is 2.27. The molecule has 28 heavy (non-hydrogen) atoms. The van der Waals surface area contributed by atoms with E-state index in [1.165, 1.54) is 31.1 Å². The highest BCUT2D eigenvalue weighted by Crippen LogP contribution is 2.23. The maximum Gasteiger partial charge on any atom is 0.324 e. The minimum absolute atomic E-state index is 0.106. The van der Waals surface area contributed by atoms with E-state index in [9.17, 15) is 13.2 Å². The van der Waals surface area contributed by atoms with E-state index >= 15 is 0 Å². The molecule has 0 aliphatic carbocycles. The average molecular weight is 417 g/mol. The lowest BCUT2D eigenvalue weighted by Crippen LogP contribution is -2.43. The van der Waals surface area contributed by atoms with E-state index in [0.29, 0.717) is 16.5 Å². The van der Waals surface area contributed by atoms with Gasteiger partial charge in [-0.15, -0.1) is 0 Å². The summed E-state index contributed by atoms with van der Waals surface area (Å²) in [6.45, 7) is 0. The lowest BCUT2D eigenvalue weighted by atomic mass is 10.2. The summed E-state index contributed by atoms with van der Waals surface area (Å²) in [5, 5.41) is 1.25. The van der Waals surface area contributed by atoms with Crippen molar-refractivity contribution in [2.45, 2.75) is 16.7 Å². The molecule has 1 aromatic heterocycles. The van der Waals surface area contributed by atoms with Gasteiger partial charge in [0, 0.05) is 34.7 Å². The fraction of sp³-hybridized carbons (Fsp3) is 0.200. The van der Waals surface area contributed by atoms with Gasteiger partial charge in [0.25, 0.3) is 0 Å². The third-order valence-electron chi connectivity index (χ3n) is 4.11. The van der Waals surface area contributed by atoms with E-state index in [-0.39, 0.29) is 10.6 Å². The molecule has 0 bridgehead atoms. The van der Waals surface area contributed by atoms with Crippen molar-refractivity contribution in [3.05, 3.63) is 72.6 Å². The number of rotatable bonds is 8. The average Bonchev–Trinajstić information content (AvgIpc) is 2.72. The van der Waals surface area contributed by atoms with Crippen molar-refractivity contribution in [1.29, 1.82) is 0 Å². The molecule has 8 heteroatoms. The van der Waals surface area contributed by atoms with Crippen LogP contribution in [0.3, 0.4) is 0 Å². The first-order valence-corrected chi connectivity index (χ1v) is 11.2. The Morgan fingerprint density at radius 3 is 2.68 bits per heavy atom. The first kappa shape index (κ1) is 20.3. The highest BCUT2D eigenvalue weighted by molar-refractivity contribution is 7.98. The van der Waals surface area contributed by atoms with Crippen LogP contribution in [-0.4, -0.2) is 38.3 Å². The van der Waals surface area contributed by atoms with Crippen molar-refractivity contribution in [2.24, 2.45) is 0 Å². The molecule has 3 aromatic rings. The number of esters is 1. The number of pyridine rings is 1. The van der Waals surface area contributed by atoms with Gasteiger partial charge in [0.05, 0.1) is 12.0 Å². The normalized spacial score (nSPS) is 12.6. The van der Waals surface area contributed by atoms with Gasteiger partial charge in [-0.05, 0) is 17.7 Å². The van der Waals surface area contributed by atoms with Gasteiger partial charge in [0.1, 0.15) is 6.04 Å². The van der Waals surface area contributed by atoms with Crippen LogP contribution in [0.1, 0.15) is 5.56 Å². The van der Waals surface area contributed by atoms with Crippen LogP contribution in [-0.2, 0) is 25.3 Å². The SMILES string of the molecule is COC(=O)C(CSCc1ccccc1)NS(=O)(=O)c1cccc2cnccc12. The molecule has 0 amide bonds. The molecule has 1 atom stereocenters. The van der Waals surface area contributed by atoms with E-state index in [0.717, 1.165) is 5.56 Å². The zero-order valence-corrected chi connectivity index (χ0v) is 16.9. The van der Waals surface area contributed by atoms with Gasteiger partial charge in [-0.2, -0.15) is 16.5 Å². The van der Waals surface area contributed by atoms with Crippen LogP contribution in [0.2, 0.25) is 0 Å². The highest BCUT2D eigenvalue weighted by atomic mass is 32.2. The van der Waals surface area contributed by atoms with E-state index in [1.54, 1.807) is 24.4 Å². The predicted octanol–water partition coefficient (Wildman–Crippen LogP) is 2.99. The molecule has 0 fully saturated rings. The standard InChI is InChI=1S/C20H20N2O4S2/c1-26-20(23)18(14-27-13-15-6-3-2-4-7-15)22-28(24,25)19-9-5-8-16-12-21-11-10-17(16)19/h2-12,18,22H,13-14H2,1H3. The number of nitrogens with one attached hydrogen (secondary N) is 1. The van der Waals surface area contributed by atoms with E-state index < -0.39 is 22.0 Å². The number of sulfonamides is 1. The van der Waals surface area contributed by atoms with Crippen LogP contribution in [0.25, 0.3) is 10.8 Å². The fourth-order valence-electron chi connectivity index (χ4n) is 2.74. The van der Waals surface area contributed by atoms with Crippen molar-refractivity contribution in [1.82, 2.24) is 9.71 Å². The Balaban J connectivity index is 1.78. The maximum atomic E-state index is 13.0. The smallest absolute Gasteiger partial charge is 0.324 e. The number of ether oxygens (including phenoxy) is 1. The molecule has 2 aromatic carbocycles. The molecular formula is C20H20N2O4S2. The predicted molar refractivity (Wildman–Crippen MR) is 110 cm³/mol. The Morgan fingerprint density at radius 1 is 1.14 bits per heavy atom. The van der Waals surface area contributed by atoms with Gasteiger partial charge in [0.2, 0.25) is 10.0 Å². The first-order chi connectivity index (χ1) is 13.5. The molecule has 0 saturated heterocycles. The van der Waals surface area contributed by atoms with Crippen LogP contribution in [0.4, 0.5) is 0 Å². The molecule has 6 nitrogen and oxygen atoms in total. The van der Waals surface area contributed by atoms with Crippen molar-refractivity contribution in [3.63, 3.8) is 0 Å². The van der Waals surface area contributed by atoms with Crippen LogP contribution < -0.4 is 4.72 Å². The minimum atomic E-state index is -3.93. The van der Waals surface area contributed by atoms with Crippen molar-refractivity contribution in [3.8, 4) is 0 Å². The van der Waals surface area contributed by atoms with E-state index in [2.05, 4.69) is 9.71 Å². The number of aromatic nitrogens is 1. The van der Waals surface area contributed by atoms with Crippen LogP contribution >= 0.6 is 11.8 Å². The molecule has 1 unspecified atom stereocenters. The Hall–Kier alpha value is -2.42. The molecule has 3 rings (SSSR count). The Morgan fingerprint density at radius 2 is 1.93 bits per heavy atom. The summed E-state index contributed by atoms with van der Waals surface area (Å²) in [4.78, 5) is 16.3. The number of methoxy groups -OCH3 is 1. The van der Waals surface area contributed by atoms with Gasteiger partial charge in [-0.1, -0.05) is 42.5 Å². The molecule has 0 aliphatic rings. The molecule has 146 valence electrons. The third kappa shape index (κ3) is 4.89. The Bertz CT molecular complexity index is 1050. The number of hydrogen-bond donors (Lipinski definition) is 1. The molecule has 0 saturated carbocycles. The fourth-order valence-corrected chi connectivity index (χ4v) is 5.26. The molecule has 1 heterocycles. The lowest BCUT2D eigenvalue weighted by molar-refractivity contribution is -0.141. The summed E-state index contributed by atoms with van der Waals surface area (Å²) in [5.74, 6) is 0.300.